The molecule has 0 saturated heterocycles. The van der Waals surface area contributed by atoms with E-state index in [-0.39, 0.29) is 6.15 Å². The minimum absolute atomic E-state index is 0. The van der Waals surface area contributed by atoms with Gasteiger partial charge in [0.1, 0.15) is 0 Å². The van der Waals surface area contributed by atoms with E-state index in [9.17, 15) is 15.8 Å². The third kappa shape index (κ3) is 1060. The van der Waals surface area contributed by atoms with Crippen LogP contribution in [0.25, 0.3) is 0 Å². The van der Waals surface area contributed by atoms with E-state index in [0.29, 0.717) is 0 Å². The molecule has 0 bridgehead atoms. The average Bonchev–Trinajstić information content (AvgIpc) is 0.592. The minimum atomic E-state index is -11.3. The molecule has 3 N–H and O–H groups in total. The first kappa shape index (κ1) is 11.3. The van der Waals surface area contributed by atoms with Gasteiger partial charge in [0.25, 0.3) is 0 Å². The van der Waals surface area contributed by atoms with Gasteiger partial charge in [0, 0.05) is 0 Å². The summed E-state index contributed by atoms with van der Waals surface area (Å²) in [5, 5.41) is 0. The zero-order valence-electron chi connectivity index (χ0n) is 3.47. The molecule has 0 heterocycles. The summed E-state index contributed by atoms with van der Waals surface area (Å²) in [6.07, 6.45) is 0. The Bertz CT molecular complexity index is 67.1. The SMILES string of the molecule is N.[F][Zr]([F])([F])([F])([F])[F]. The molecule has 0 atom stereocenters. The summed E-state index contributed by atoms with van der Waals surface area (Å²) in [5.74, 6) is 0. The molecule has 0 fully saturated rings. The summed E-state index contributed by atoms with van der Waals surface area (Å²) < 4.78 is 59.6. The molecule has 0 spiro atoms. The second-order valence-electron chi connectivity index (χ2n) is 1.07. The van der Waals surface area contributed by atoms with Crippen molar-refractivity contribution in [2.75, 3.05) is 0 Å². The van der Waals surface area contributed by atoms with E-state index >= 15 is 0 Å². The van der Waals surface area contributed by atoms with Gasteiger partial charge in [0.05, 0.1) is 0 Å². The molecular formula is H3F6NZr. The van der Waals surface area contributed by atoms with Crippen molar-refractivity contribution in [2.24, 2.45) is 0 Å². The summed E-state index contributed by atoms with van der Waals surface area (Å²) in [6.45, 7) is 0. The van der Waals surface area contributed by atoms with Gasteiger partial charge in [-0.05, 0) is 0 Å². The van der Waals surface area contributed by atoms with Crippen molar-refractivity contribution in [2.45, 2.75) is 0 Å². The van der Waals surface area contributed by atoms with Crippen molar-refractivity contribution in [1.29, 1.82) is 0 Å². The van der Waals surface area contributed by atoms with Crippen molar-refractivity contribution in [3.8, 4) is 0 Å². The Morgan fingerprint density at radius 2 is 0.625 bits per heavy atom. The van der Waals surface area contributed by atoms with Crippen molar-refractivity contribution in [3.05, 3.63) is 0 Å². The number of halogens is 6. The van der Waals surface area contributed by atoms with Gasteiger partial charge >= 0.3 is 36.7 Å². The molecule has 0 unspecified atom stereocenters. The Kier molecular flexibility index (Phi) is 1.81. The molecule has 0 aromatic carbocycles. The molecule has 8 heteroatoms. The molecule has 0 aromatic rings. The van der Waals surface area contributed by atoms with E-state index < -0.39 is 21.0 Å². The van der Waals surface area contributed by atoms with Crippen LogP contribution < -0.4 is 6.15 Å². The monoisotopic (exact) mass is 221 g/mol. The Balaban J connectivity index is 0. The van der Waals surface area contributed by atoms with E-state index in [2.05, 4.69) is 0 Å². The zero-order valence-corrected chi connectivity index (χ0v) is 5.93. The van der Waals surface area contributed by atoms with Crippen LogP contribution in [0.5, 0.6) is 0 Å². The number of hydrogen-bond donors (Lipinski definition) is 1. The van der Waals surface area contributed by atoms with Crippen LogP contribution in [-0.2, 0) is 21.0 Å². The van der Waals surface area contributed by atoms with Crippen molar-refractivity contribution >= 4 is 0 Å². The Morgan fingerprint density at radius 3 is 0.625 bits per heavy atom. The molecule has 0 aliphatic rings. The number of rotatable bonds is 0. The topological polar surface area (TPSA) is 35.0 Å². The average molecular weight is 222 g/mol. The van der Waals surface area contributed by atoms with E-state index in [1.807, 2.05) is 0 Å². The fraction of sp³-hybridized carbons (Fsp3) is 0. The van der Waals surface area contributed by atoms with Gasteiger partial charge in [0.2, 0.25) is 0 Å². The third-order valence-electron chi connectivity index (χ3n) is 0. The molecule has 1 nitrogen and oxygen atoms in total. The van der Waals surface area contributed by atoms with Crippen LogP contribution in [0.2, 0.25) is 0 Å². The molecule has 54 valence electrons. The molecule has 0 radical (unpaired) electrons. The summed E-state index contributed by atoms with van der Waals surface area (Å²) in [4.78, 5) is 0. The molecule has 0 saturated carbocycles. The Morgan fingerprint density at radius 1 is 0.625 bits per heavy atom. The first-order valence-corrected chi connectivity index (χ1v) is 6.71. The summed E-state index contributed by atoms with van der Waals surface area (Å²) in [7, 11) is 0. The Labute approximate surface area is 43.4 Å². The van der Waals surface area contributed by atoms with Crippen LogP contribution >= 0.6 is 0 Å². The van der Waals surface area contributed by atoms with Crippen molar-refractivity contribution in [1.82, 2.24) is 6.15 Å². The quantitative estimate of drug-likeness (QED) is 0.628. The van der Waals surface area contributed by atoms with Gasteiger partial charge in [-0.15, -0.1) is 0 Å². The zero-order chi connectivity index (χ0) is 6.41. The van der Waals surface area contributed by atoms with Crippen LogP contribution in [0.4, 0.5) is 15.8 Å². The maximum atomic E-state index is 9.93. The maximum absolute atomic E-state index is 11.3. The fourth-order valence-corrected chi connectivity index (χ4v) is 0. The summed E-state index contributed by atoms with van der Waals surface area (Å²) in [5.41, 5.74) is 0. The van der Waals surface area contributed by atoms with Crippen molar-refractivity contribution < 1.29 is 36.7 Å². The van der Waals surface area contributed by atoms with Gasteiger partial charge in [-0.3, -0.25) is 0 Å². The van der Waals surface area contributed by atoms with Gasteiger partial charge in [-0.25, -0.2) is 0 Å². The standard InChI is InChI=1S/6FH.H3N.Zr/h6*1H;1H3;/q;;;;;;;+6/p-6. The van der Waals surface area contributed by atoms with E-state index in [0.717, 1.165) is 0 Å². The van der Waals surface area contributed by atoms with E-state index in [1.54, 1.807) is 0 Å². The van der Waals surface area contributed by atoms with Crippen LogP contribution in [0.1, 0.15) is 0 Å². The summed E-state index contributed by atoms with van der Waals surface area (Å²) in [6, 6.07) is 0. The van der Waals surface area contributed by atoms with Gasteiger partial charge in [0.15, 0.2) is 0 Å². The predicted molar refractivity (Wildman–Crippen MR) is 11.7 cm³/mol. The predicted octanol–water partition coefficient (Wildman–Crippen LogP) is 2.68. The number of hydrogen-bond acceptors (Lipinski definition) is 1. The van der Waals surface area contributed by atoms with E-state index in [4.69, 9.17) is 0 Å². The van der Waals surface area contributed by atoms with Crippen LogP contribution in [0.15, 0.2) is 0 Å². The normalized spacial score (nSPS) is 20.2. The fourth-order valence-electron chi connectivity index (χ4n) is 0. The van der Waals surface area contributed by atoms with Gasteiger partial charge in [-0.2, -0.15) is 0 Å². The molecule has 0 aliphatic heterocycles. The van der Waals surface area contributed by atoms with E-state index in [1.165, 1.54) is 0 Å². The second kappa shape index (κ2) is 1.29. The van der Waals surface area contributed by atoms with Crippen LogP contribution in [0.3, 0.4) is 0 Å². The first-order chi connectivity index (χ1) is 2.45. The molecule has 0 aromatic heterocycles. The molecule has 0 rings (SSSR count). The van der Waals surface area contributed by atoms with Gasteiger partial charge in [-0.1, -0.05) is 0 Å². The van der Waals surface area contributed by atoms with Gasteiger partial charge < -0.3 is 6.15 Å². The van der Waals surface area contributed by atoms with Crippen LogP contribution in [0, 0.1) is 0 Å². The summed E-state index contributed by atoms with van der Waals surface area (Å²) >= 11 is -11.3. The molecule has 0 aliphatic carbocycles. The van der Waals surface area contributed by atoms with Crippen molar-refractivity contribution in [3.63, 3.8) is 0 Å². The Hall–Kier alpha value is 0.423. The third-order valence-corrected chi connectivity index (χ3v) is 0. The second-order valence-corrected chi connectivity index (χ2v) is 6.34. The molecule has 8 heavy (non-hydrogen) atoms. The molecule has 0 amide bonds. The molecular weight excluding hydrogens is 219 g/mol. The first-order valence-electron chi connectivity index (χ1n) is 1.13. The van der Waals surface area contributed by atoms with Crippen LogP contribution in [-0.4, -0.2) is 0 Å².